The van der Waals surface area contributed by atoms with Crippen LogP contribution in [0.5, 0.6) is 5.75 Å². The number of rotatable bonds is 4. The van der Waals surface area contributed by atoms with Gasteiger partial charge in [-0.05, 0) is 47.7 Å². The lowest BCUT2D eigenvalue weighted by molar-refractivity contribution is 0.415. The van der Waals surface area contributed by atoms with E-state index in [2.05, 4.69) is 13.8 Å². The molecule has 0 amide bonds. The molecule has 0 aliphatic heterocycles. The van der Waals surface area contributed by atoms with Crippen molar-refractivity contribution in [3.63, 3.8) is 0 Å². The van der Waals surface area contributed by atoms with Crippen LogP contribution in [0.25, 0.3) is 22.1 Å². The molecule has 0 saturated heterocycles. The Bertz CT molecular complexity index is 876. The maximum absolute atomic E-state index is 12.7. The van der Waals surface area contributed by atoms with Gasteiger partial charge in [0.2, 0.25) is 0 Å². The van der Waals surface area contributed by atoms with Crippen molar-refractivity contribution in [1.82, 2.24) is 0 Å². The topological polar surface area (TPSA) is 39.4 Å². The van der Waals surface area contributed by atoms with Gasteiger partial charge in [-0.15, -0.1) is 0 Å². The van der Waals surface area contributed by atoms with Crippen LogP contribution in [0.1, 0.15) is 31.7 Å². The van der Waals surface area contributed by atoms with Crippen molar-refractivity contribution in [2.24, 2.45) is 0 Å². The first-order valence-electron chi connectivity index (χ1n) is 7.84. The first-order valence-corrected chi connectivity index (χ1v) is 7.84. The average molecular weight is 308 g/mol. The van der Waals surface area contributed by atoms with E-state index in [4.69, 9.17) is 9.15 Å². The molecular formula is C20H20O3. The van der Waals surface area contributed by atoms with Gasteiger partial charge in [0.05, 0.1) is 18.1 Å². The highest BCUT2D eigenvalue weighted by atomic mass is 16.5. The molecule has 2 aromatic carbocycles. The second-order valence-electron chi connectivity index (χ2n) is 5.77. The van der Waals surface area contributed by atoms with Crippen LogP contribution in [0.3, 0.4) is 0 Å². The Labute approximate surface area is 135 Å². The Morgan fingerprint density at radius 1 is 1.13 bits per heavy atom. The molecule has 0 bridgehead atoms. The van der Waals surface area contributed by atoms with E-state index < -0.39 is 0 Å². The van der Waals surface area contributed by atoms with Crippen LogP contribution in [0.4, 0.5) is 0 Å². The third kappa shape index (κ3) is 2.87. The van der Waals surface area contributed by atoms with Crippen LogP contribution < -0.4 is 10.2 Å². The number of fused-ring (bicyclic) bond motifs is 1. The Morgan fingerprint density at radius 3 is 2.52 bits per heavy atom. The second-order valence-corrected chi connectivity index (χ2v) is 5.77. The van der Waals surface area contributed by atoms with Gasteiger partial charge in [-0.1, -0.05) is 32.0 Å². The van der Waals surface area contributed by atoms with Crippen molar-refractivity contribution < 1.29 is 9.15 Å². The Morgan fingerprint density at radius 2 is 1.87 bits per heavy atom. The summed E-state index contributed by atoms with van der Waals surface area (Å²) in [6, 6.07) is 13.3. The molecule has 0 spiro atoms. The normalized spacial score (nSPS) is 12.3. The third-order valence-corrected chi connectivity index (χ3v) is 4.38. The minimum absolute atomic E-state index is 0.00730. The van der Waals surface area contributed by atoms with E-state index in [0.29, 0.717) is 22.5 Å². The van der Waals surface area contributed by atoms with Crippen LogP contribution in [-0.2, 0) is 0 Å². The lowest BCUT2D eigenvalue weighted by Gasteiger charge is -2.10. The zero-order valence-electron chi connectivity index (χ0n) is 13.6. The van der Waals surface area contributed by atoms with Crippen molar-refractivity contribution in [1.29, 1.82) is 0 Å². The highest BCUT2D eigenvalue weighted by Crippen LogP contribution is 2.25. The molecule has 0 aliphatic rings. The van der Waals surface area contributed by atoms with Crippen molar-refractivity contribution in [3.05, 3.63) is 64.5 Å². The first-order chi connectivity index (χ1) is 11.1. The zero-order chi connectivity index (χ0) is 16.4. The quantitative estimate of drug-likeness (QED) is 0.682. The molecule has 1 atom stereocenters. The molecule has 1 aromatic heterocycles. The van der Waals surface area contributed by atoms with Gasteiger partial charge in [-0.3, -0.25) is 4.79 Å². The van der Waals surface area contributed by atoms with E-state index in [1.165, 1.54) is 5.56 Å². The second kappa shape index (κ2) is 6.29. The molecule has 3 aromatic rings. The molecule has 118 valence electrons. The van der Waals surface area contributed by atoms with Crippen molar-refractivity contribution in [3.8, 4) is 16.9 Å². The smallest absolute Gasteiger partial charge is 0.200 e. The molecule has 3 nitrogen and oxygen atoms in total. The molecule has 0 radical (unpaired) electrons. The minimum Gasteiger partial charge on any atom is -0.497 e. The maximum atomic E-state index is 12.7. The summed E-state index contributed by atoms with van der Waals surface area (Å²) in [6.45, 7) is 4.32. The Hall–Kier alpha value is -2.55. The van der Waals surface area contributed by atoms with Gasteiger partial charge in [0, 0.05) is 0 Å². The van der Waals surface area contributed by atoms with Gasteiger partial charge < -0.3 is 9.15 Å². The largest absolute Gasteiger partial charge is 0.497 e. The lowest BCUT2D eigenvalue weighted by Crippen LogP contribution is -2.05. The van der Waals surface area contributed by atoms with Gasteiger partial charge in [0.1, 0.15) is 17.6 Å². The summed E-state index contributed by atoms with van der Waals surface area (Å²) in [7, 11) is 1.62. The summed E-state index contributed by atoms with van der Waals surface area (Å²) >= 11 is 0. The van der Waals surface area contributed by atoms with Crippen LogP contribution >= 0.6 is 0 Å². The van der Waals surface area contributed by atoms with Crippen LogP contribution in [0.15, 0.2) is 57.9 Å². The van der Waals surface area contributed by atoms with Crippen molar-refractivity contribution >= 4 is 11.0 Å². The summed E-state index contributed by atoms with van der Waals surface area (Å²) in [5, 5.41) is 0.616. The zero-order valence-corrected chi connectivity index (χ0v) is 13.6. The summed E-state index contributed by atoms with van der Waals surface area (Å²) < 4.78 is 10.9. The predicted octanol–water partition coefficient (Wildman–Crippen LogP) is 4.98. The highest BCUT2D eigenvalue weighted by Gasteiger charge is 2.11. The third-order valence-electron chi connectivity index (χ3n) is 4.38. The first kappa shape index (κ1) is 15.3. The van der Waals surface area contributed by atoms with Crippen molar-refractivity contribution in [2.75, 3.05) is 7.11 Å². The van der Waals surface area contributed by atoms with Gasteiger partial charge in [0.25, 0.3) is 0 Å². The molecule has 23 heavy (non-hydrogen) atoms. The molecule has 0 fully saturated rings. The number of methoxy groups -OCH3 is 1. The fourth-order valence-corrected chi connectivity index (χ4v) is 2.66. The molecule has 0 aliphatic carbocycles. The SMILES string of the molecule is CCC(C)c1ccc2c(=O)c(-c3ccc(OC)cc3)coc2c1. The number of benzene rings is 2. The minimum atomic E-state index is -0.00730. The highest BCUT2D eigenvalue weighted by molar-refractivity contribution is 5.82. The van der Waals surface area contributed by atoms with Gasteiger partial charge in [-0.25, -0.2) is 0 Å². The van der Waals surface area contributed by atoms with Crippen LogP contribution in [-0.4, -0.2) is 7.11 Å². The lowest BCUT2D eigenvalue weighted by atomic mass is 9.97. The van der Waals surface area contributed by atoms with E-state index in [0.717, 1.165) is 17.7 Å². The number of ether oxygens (including phenoxy) is 1. The van der Waals surface area contributed by atoms with Crippen LogP contribution in [0.2, 0.25) is 0 Å². The number of hydrogen-bond acceptors (Lipinski definition) is 3. The van der Waals surface area contributed by atoms with Gasteiger partial charge >= 0.3 is 0 Å². The monoisotopic (exact) mass is 308 g/mol. The summed E-state index contributed by atoms with van der Waals surface area (Å²) in [4.78, 5) is 12.7. The van der Waals surface area contributed by atoms with Gasteiger partial charge in [-0.2, -0.15) is 0 Å². The fraction of sp³-hybridized carbons (Fsp3) is 0.250. The molecule has 3 heteroatoms. The Kier molecular flexibility index (Phi) is 4.20. The molecule has 1 unspecified atom stereocenters. The summed E-state index contributed by atoms with van der Waals surface area (Å²) in [5.41, 5.74) is 3.22. The maximum Gasteiger partial charge on any atom is 0.200 e. The van der Waals surface area contributed by atoms with Crippen LogP contribution in [0, 0.1) is 0 Å². The standard InChI is InChI=1S/C20H20O3/c1-4-13(2)15-7-10-17-19(11-15)23-12-18(20(17)21)14-5-8-16(22-3)9-6-14/h5-13H,4H2,1-3H3. The Balaban J connectivity index is 2.09. The molecular weight excluding hydrogens is 288 g/mol. The van der Waals surface area contributed by atoms with E-state index in [-0.39, 0.29) is 5.43 Å². The molecule has 0 saturated carbocycles. The van der Waals surface area contributed by atoms with E-state index >= 15 is 0 Å². The van der Waals surface area contributed by atoms with Gasteiger partial charge in [0.15, 0.2) is 5.43 Å². The molecule has 0 N–H and O–H groups in total. The predicted molar refractivity (Wildman–Crippen MR) is 93.2 cm³/mol. The fourth-order valence-electron chi connectivity index (χ4n) is 2.66. The van der Waals surface area contributed by atoms with E-state index in [1.54, 1.807) is 13.4 Å². The van der Waals surface area contributed by atoms with E-state index in [1.807, 2.05) is 42.5 Å². The summed E-state index contributed by atoms with van der Waals surface area (Å²) in [6.07, 6.45) is 2.60. The molecule has 3 rings (SSSR count). The molecule has 1 heterocycles. The van der Waals surface area contributed by atoms with E-state index in [9.17, 15) is 4.79 Å². The average Bonchev–Trinajstić information content (AvgIpc) is 2.61. The summed E-state index contributed by atoms with van der Waals surface area (Å²) in [5.74, 6) is 1.21. The number of hydrogen-bond donors (Lipinski definition) is 0. The van der Waals surface area contributed by atoms with Crippen molar-refractivity contribution in [2.45, 2.75) is 26.2 Å².